The van der Waals surface area contributed by atoms with Crippen molar-refractivity contribution in [3.05, 3.63) is 29.3 Å². The van der Waals surface area contributed by atoms with Crippen LogP contribution in [0.4, 0.5) is 0 Å². The van der Waals surface area contributed by atoms with Crippen molar-refractivity contribution < 1.29 is 9.53 Å². The van der Waals surface area contributed by atoms with Gasteiger partial charge in [0.15, 0.2) is 5.69 Å². The van der Waals surface area contributed by atoms with E-state index < -0.39 is 0 Å². The van der Waals surface area contributed by atoms with Crippen LogP contribution in [0.3, 0.4) is 0 Å². The van der Waals surface area contributed by atoms with Crippen molar-refractivity contribution in [2.75, 3.05) is 26.8 Å². The molecule has 0 aromatic carbocycles. The summed E-state index contributed by atoms with van der Waals surface area (Å²) >= 11 is 0. The van der Waals surface area contributed by atoms with Crippen molar-refractivity contribution in [1.29, 1.82) is 0 Å². The highest BCUT2D eigenvalue weighted by Crippen LogP contribution is 2.22. The highest BCUT2D eigenvalue weighted by Gasteiger charge is 2.26. The molecule has 1 atom stereocenters. The number of nitrogens with zero attached hydrogens (tertiary/aromatic N) is 6. The minimum absolute atomic E-state index is 0.220. The summed E-state index contributed by atoms with van der Waals surface area (Å²) in [5.41, 5.74) is 2.68. The largest absolute Gasteiger partial charge is 0.383 e. The van der Waals surface area contributed by atoms with Gasteiger partial charge in [0.25, 0.3) is 5.91 Å². The highest BCUT2D eigenvalue weighted by molar-refractivity contribution is 5.91. The maximum atomic E-state index is 12.0. The van der Waals surface area contributed by atoms with Gasteiger partial charge in [0.2, 0.25) is 0 Å². The lowest BCUT2D eigenvalue weighted by Gasteiger charge is -2.23. The first kappa shape index (κ1) is 18.5. The van der Waals surface area contributed by atoms with E-state index >= 15 is 0 Å². The number of nitrogens with one attached hydrogen (secondary N) is 1. The Hall–Kier alpha value is -2.26. The molecule has 9 nitrogen and oxygen atoms in total. The first-order valence-electron chi connectivity index (χ1n) is 8.97. The second-order valence-electron chi connectivity index (χ2n) is 6.75. The van der Waals surface area contributed by atoms with Gasteiger partial charge >= 0.3 is 0 Å². The van der Waals surface area contributed by atoms with Crippen LogP contribution in [-0.4, -0.2) is 68.4 Å². The number of hydrogen-bond donors (Lipinski definition) is 1. The predicted molar refractivity (Wildman–Crippen MR) is 95.6 cm³/mol. The molecule has 1 amide bonds. The highest BCUT2D eigenvalue weighted by atomic mass is 16.5. The predicted octanol–water partition coefficient (Wildman–Crippen LogP) is 0.361. The average Bonchev–Trinajstić information content (AvgIpc) is 3.31. The summed E-state index contributed by atoms with van der Waals surface area (Å²) < 4.78 is 8.56. The summed E-state index contributed by atoms with van der Waals surface area (Å²) in [6.45, 7) is 5.68. The molecule has 3 rings (SSSR count). The molecule has 0 aliphatic carbocycles. The van der Waals surface area contributed by atoms with Crippen LogP contribution in [0.25, 0.3) is 0 Å². The number of aryl methyl sites for hydroxylation is 2. The summed E-state index contributed by atoms with van der Waals surface area (Å²) in [5.74, 6) is -0.220. The van der Waals surface area contributed by atoms with Gasteiger partial charge in [-0.3, -0.25) is 19.1 Å². The summed E-state index contributed by atoms with van der Waals surface area (Å²) in [7, 11) is 3.55. The Morgan fingerprint density at radius 2 is 2.27 bits per heavy atom. The number of amides is 1. The molecule has 1 aliphatic rings. The van der Waals surface area contributed by atoms with E-state index in [1.54, 1.807) is 18.0 Å². The molecule has 1 aliphatic heterocycles. The SMILES string of the molecule is COCCNC(=O)c1cn(C[C@@H]2CCCN2Cc2cn(C)nc2C)nn1. The van der Waals surface area contributed by atoms with Crippen molar-refractivity contribution in [2.24, 2.45) is 7.05 Å². The van der Waals surface area contributed by atoms with Gasteiger partial charge in [-0.2, -0.15) is 5.10 Å². The average molecular weight is 361 g/mol. The number of carbonyl (C=O) groups excluding carboxylic acids is 1. The normalized spacial score (nSPS) is 17.7. The first-order chi connectivity index (χ1) is 12.6. The van der Waals surface area contributed by atoms with E-state index in [2.05, 4.69) is 31.8 Å². The fourth-order valence-electron chi connectivity index (χ4n) is 3.40. The molecule has 3 heterocycles. The molecule has 26 heavy (non-hydrogen) atoms. The van der Waals surface area contributed by atoms with Crippen LogP contribution >= 0.6 is 0 Å². The topological polar surface area (TPSA) is 90.1 Å². The van der Waals surface area contributed by atoms with Crippen LogP contribution in [0.15, 0.2) is 12.4 Å². The zero-order valence-corrected chi connectivity index (χ0v) is 15.7. The fraction of sp³-hybridized carbons (Fsp3) is 0.647. The number of likely N-dealkylation sites (tertiary alicyclic amines) is 1. The van der Waals surface area contributed by atoms with Gasteiger partial charge in [-0.15, -0.1) is 5.10 Å². The van der Waals surface area contributed by atoms with Gasteiger partial charge in [-0.25, -0.2) is 0 Å². The van der Waals surface area contributed by atoms with E-state index in [1.165, 1.54) is 12.0 Å². The number of ether oxygens (including phenoxy) is 1. The fourth-order valence-corrected chi connectivity index (χ4v) is 3.40. The monoisotopic (exact) mass is 361 g/mol. The third-order valence-electron chi connectivity index (χ3n) is 4.75. The van der Waals surface area contributed by atoms with Crippen molar-refractivity contribution in [2.45, 2.75) is 38.9 Å². The summed E-state index contributed by atoms with van der Waals surface area (Å²) in [6, 6.07) is 0.390. The van der Waals surface area contributed by atoms with Crippen LogP contribution in [0, 0.1) is 6.92 Å². The maximum Gasteiger partial charge on any atom is 0.273 e. The van der Waals surface area contributed by atoms with E-state index in [1.807, 2.05) is 18.7 Å². The quantitative estimate of drug-likeness (QED) is 0.683. The maximum absolute atomic E-state index is 12.0. The molecule has 0 radical (unpaired) electrons. The minimum Gasteiger partial charge on any atom is -0.383 e. The van der Waals surface area contributed by atoms with Crippen molar-refractivity contribution in [3.63, 3.8) is 0 Å². The third-order valence-corrected chi connectivity index (χ3v) is 4.75. The second kappa shape index (κ2) is 8.41. The van der Waals surface area contributed by atoms with Gasteiger partial charge in [0, 0.05) is 45.0 Å². The van der Waals surface area contributed by atoms with Gasteiger partial charge in [-0.1, -0.05) is 5.21 Å². The molecule has 0 unspecified atom stereocenters. The summed E-state index contributed by atoms with van der Waals surface area (Å²) in [5, 5.41) is 15.3. The number of carbonyl (C=O) groups is 1. The van der Waals surface area contributed by atoms with Crippen LogP contribution in [0.1, 0.15) is 34.6 Å². The van der Waals surface area contributed by atoms with E-state index in [-0.39, 0.29) is 5.91 Å². The van der Waals surface area contributed by atoms with Crippen molar-refractivity contribution in [3.8, 4) is 0 Å². The van der Waals surface area contributed by atoms with Crippen LogP contribution in [0.5, 0.6) is 0 Å². The molecule has 2 aromatic rings. The number of aromatic nitrogens is 5. The molecule has 2 aromatic heterocycles. The van der Waals surface area contributed by atoms with Crippen molar-refractivity contribution in [1.82, 2.24) is 35.0 Å². The van der Waals surface area contributed by atoms with E-state index in [9.17, 15) is 4.79 Å². The van der Waals surface area contributed by atoms with E-state index in [4.69, 9.17) is 4.74 Å². The smallest absolute Gasteiger partial charge is 0.273 e. The Bertz CT molecular complexity index is 739. The number of methoxy groups -OCH3 is 1. The van der Waals surface area contributed by atoms with Gasteiger partial charge in [0.1, 0.15) is 0 Å². The first-order valence-corrected chi connectivity index (χ1v) is 8.97. The van der Waals surface area contributed by atoms with E-state index in [0.717, 1.165) is 31.7 Å². The summed E-state index contributed by atoms with van der Waals surface area (Å²) in [4.78, 5) is 14.5. The standard InChI is InChI=1S/C17H27N7O2/c1-13-14(9-22(2)20-13)10-23-7-4-5-15(23)11-24-12-16(19-21-24)17(25)18-6-8-26-3/h9,12,15H,4-8,10-11H2,1-3H3,(H,18,25)/t15-/m0/s1. The lowest BCUT2D eigenvalue weighted by atomic mass is 10.2. The molecule has 1 saturated heterocycles. The molecule has 0 bridgehead atoms. The summed E-state index contributed by atoms with van der Waals surface area (Å²) in [6.07, 6.45) is 6.09. The van der Waals surface area contributed by atoms with Gasteiger partial charge < -0.3 is 10.1 Å². The second-order valence-corrected chi connectivity index (χ2v) is 6.75. The Labute approximate surface area is 153 Å². The molecule has 142 valence electrons. The molecule has 1 fully saturated rings. The Kier molecular flexibility index (Phi) is 6.00. The van der Waals surface area contributed by atoms with Crippen LogP contribution in [0.2, 0.25) is 0 Å². The lowest BCUT2D eigenvalue weighted by Crippen LogP contribution is -2.32. The molecule has 0 spiro atoms. The molecular formula is C17H27N7O2. The van der Waals surface area contributed by atoms with Gasteiger partial charge in [0.05, 0.1) is 25.0 Å². The lowest BCUT2D eigenvalue weighted by molar-refractivity contribution is 0.0932. The third kappa shape index (κ3) is 4.47. The van der Waals surface area contributed by atoms with Crippen LogP contribution < -0.4 is 5.32 Å². The molecular weight excluding hydrogens is 334 g/mol. The number of hydrogen-bond acceptors (Lipinski definition) is 6. The van der Waals surface area contributed by atoms with Crippen LogP contribution in [-0.2, 0) is 24.9 Å². The molecule has 1 N–H and O–H groups in total. The van der Waals surface area contributed by atoms with Crippen molar-refractivity contribution >= 4 is 5.91 Å². The zero-order chi connectivity index (χ0) is 18.5. The zero-order valence-electron chi connectivity index (χ0n) is 15.7. The van der Waals surface area contributed by atoms with E-state index in [0.29, 0.717) is 24.9 Å². The number of rotatable bonds is 8. The molecule has 0 saturated carbocycles. The van der Waals surface area contributed by atoms with Gasteiger partial charge in [-0.05, 0) is 26.3 Å². The minimum atomic E-state index is -0.220. The Morgan fingerprint density at radius 1 is 1.42 bits per heavy atom. The molecule has 9 heteroatoms. The Morgan fingerprint density at radius 3 is 3.00 bits per heavy atom. The Balaban J connectivity index is 1.57.